The van der Waals surface area contributed by atoms with Crippen molar-refractivity contribution in [2.75, 3.05) is 11.9 Å². The van der Waals surface area contributed by atoms with Gasteiger partial charge in [0.25, 0.3) is 0 Å². The lowest BCUT2D eigenvalue weighted by molar-refractivity contribution is -0.144. The second-order valence-corrected chi connectivity index (χ2v) is 13.7. The van der Waals surface area contributed by atoms with Gasteiger partial charge in [-0.1, -0.05) is 55.8 Å². The van der Waals surface area contributed by atoms with E-state index in [0.717, 1.165) is 49.2 Å². The molecule has 2 aromatic carbocycles. The summed E-state index contributed by atoms with van der Waals surface area (Å²) in [5.74, 6) is 1.56. The lowest BCUT2D eigenvalue weighted by Gasteiger charge is -2.47. The van der Waals surface area contributed by atoms with Crippen LogP contribution in [0.15, 0.2) is 54.6 Å². The summed E-state index contributed by atoms with van der Waals surface area (Å²) >= 11 is 6.22. The van der Waals surface area contributed by atoms with Gasteiger partial charge in [0.05, 0.1) is 6.61 Å². The predicted molar refractivity (Wildman–Crippen MR) is 169 cm³/mol. The zero-order chi connectivity index (χ0) is 29.5. The normalized spacial score (nSPS) is 27.2. The number of aromatic nitrogens is 1. The van der Waals surface area contributed by atoms with E-state index in [1.165, 1.54) is 35.2 Å². The average Bonchev–Trinajstić information content (AvgIpc) is 3.25. The predicted octanol–water partition coefficient (Wildman–Crippen LogP) is 8.51. The zero-order valence-corrected chi connectivity index (χ0v) is 25.8. The number of nitrogens with zero attached hydrogens (tertiary/aromatic N) is 1. The number of hydrogen-bond donors (Lipinski definition) is 2. The van der Waals surface area contributed by atoms with E-state index < -0.39 is 11.5 Å². The van der Waals surface area contributed by atoms with Crippen molar-refractivity contribution in [1.29, 1.82) is 0 Å². The smallest absolute Gasteiger partial charge is 0.329 e. The molecule has 0 bridgehead atoms. The number of benzene rings is 2. The standard InChI is InChI=1S/C36H43ClN2O3/c1-23(22-42-32-19-25(3)38-31-13-6-8-24(2)33(31)32)18-27-20-26-9-4-5-12-30(26)35(27)14-16-36(17-15-35,34(40)41)39-29-11-7-10-28(37)21-29/h4-5,7,9-12,19,21,23-24,27,39H,6,8,13-18,20,22H2,1-3H3,(H,40,41)/t23-,24+,27+,35?,36?/m1/s1. The SMILES string of the molecule is Cc1cc(OC[C@H](C)C[C@H]2Cc3ccccc3C23CCC(Nc2cccc(Cl)c2)(C(=O)O)CC3)c2c(n1)CCC[C@@H]2C. The molecule has 1 spiro atoms. The first-order valence-electron chi connectivity index (χ1n) is 15.7. The highest BCUT2D eigenvalue weighted by Crippen LogP contribution is 2.56. The molecule has 1 heterocycles. The van der Waals surface area contributed by atoms with Gasteiger partial charge in [-0.15, -0.1) is 0 Å². The summed E-state index contributed by atoms with van der Waals surface area (Å²) < 4.78 is 6.58. The molecular formula is C36H43ClN2O3. The number of nitrogens with one attached hydrogen (secondary N) is 1. The minimum absolute atomic E-state index is 0.0131. The van der Waals surface area contributed by atoms with Crippen molar-refractivity contribution in [3.63, 3.8) is 0 Å². The van der Waals surface area contributed by atoms with E-state index in [1.807, 2.05) is 24.3 Å². The Labute approximate surface area is 255 Å². The summed E-state index contributed by atoms with van der Waals surface area (Å²) in [6.07, 6.45) is 8.36. The maximum Gasteiger partial charge on any atom is 0.329 e. The van der Waals surface area contributed by atoms with Gasteiger partial charge in [-0.05, 0) is 117 Å². The number of carboxylic acids is 1. The molecule has 3 atom stereocenters. The molecule has 3 aromatic rings. The summed E-state index contributed by atoms with van der Waals surface area (Å²) in [7, 11) is 0. The third kappa shape index (κ3) is 5.41. The van der Waals surface area contributed by atoms with Crippen molar-refractivity contribution in [2.24, 2.45) is 11.8 Å². The van der Waals surface area contributed by atoms with Crippen LogP contribution in [-0.4, -0.2) is 28.2 Å². The number of pyridine rings is 1. The van der Waals surface area contributed by atoms with Crippen molar-refractivity contribution in [2.45, 2.75) is 95.4 Å². The van der Waals surface area contributed by atoms with E-state index in [-0.39, 0.29) is 5.41 Å². The number of anilines is 1. The molecular weight excluding hydrogens is 544 g/mol. The lowest BCUT2D eigenvalue weighted by atomic mass is 9.59. The Morgan fingerprint density at radius 3 is 2.69 bits per heavy atom. The number of halogens is 1. The van der Waals surface area contributed by atoms with Gasteiger partial charge in [0, 0.05) is 33.7 Å². The Hall–Kier alpha value is -3.05. The molecule has 0 saturated heterocycles. The van der Waals surface area contributed by atoms with Gasteiger partial charge in [-0.3, -0.25) is 4.98 Å². The van der Waals surface area contributed by atoms with Crippen LogP contribution >= 0.6 is 11.6 Å². The van der Waals surface area contributed by atoms with E-state index in [4.69, 9.17) is 21.3 Å². The van der Waals surface area contributed by atoms with Crippen molar-refractivity contribution >= 4 is 23.3 Å². The molecule has 222 valence electrons. The highest BCUT2D eigenvalue weighted by Gasteiger charge is 2.54. The van der Waals surface area contributed by atoms with Gasteiger partial charge in [0.2, 0.25) is 0 Å². The van der Waals surface area contributed by atoms with Crippen LogP contribution < -0.4 is 10.1 Å². The molecule has 3 aliphatic rings. The molecule has 1 saturated carbocycles. The number of rotatable bonds is 8. The highest BCUT2D eigenvalue weighted by molar-refractivity contribution is 6.30. The fourth-order valence-electron chi connectivity index (χ4n) is 8.27. The minimum Gasteiger partial charge on any atom is -0.493 e. The third-order valence-electron chi connectivity index (χ3n) is 10.4. The molecule has 1 fully saturated rings. The van der Waals surface area contributed by atoms with Gasteiger partial charge < -0.3 is 15.2 Å². The fraction of sp³-hybridized carbons (Fsp3) is 0.500. The number of aryl methyl sites for hydroxylation is 2. The van der Waals surface area contributed by atoms with Crippen molar-refractivity contribution < 1.29 is 14.6 Å². The number of hydrogen-bond acceptors (Lipinski definition) is 4. The maximum atomic E-state index is 12.7. The van der Waals surface area contributed by atoms with Crippen LogP contribution in [0.1, 0.15) is 92.8 Å². The Bertz CT molecular complexity index is 1460. The Balaban J connectivity index is 1.20. The first kappa shape index (κ1) is 29.0. The van der Waals surface area contributed by atoms with Gasteiger partial charge in [0.1, 0.15) is 11.3 Å². The molecule has 0 amide bonds. The van der Waals surface area contributed by atoms with Gasteiger partial charge in [-0.25, -0.2) is 4.79 Å². The average molecular weight is 587 g/mol. The van der Waals surface area contributed by atoms with Crippen LogP contribution in [0.5, 0.6) is 5.75 Å². The van der Waals surface area contributed by atoms with E-state index in [1.54, 1.807) is 0 Å². The van der Waals surface area contributed by atoms with Crippen LogP contribution in [0.2, 0.25) is 5.02 Å². The summed E-state index contributed by atoms with van der Waals surface area (Å²) in [4.78, 5) is 17.6. The van der Waals surface area contributed by atoms with E-state index >= 15 is 0 Å². The number of carbonyl (C=O) groups is 1. The Kier molecular flexibility index (Phi) is 7.99. The van der Waals surface area contributed by atoms with Gasteiger partial charge >= 0.3 is 5.97 Å². The number of ether oxygens (including phenoxy) is 1. The topological polar surface area (TPSA) is 71.5 Å². The summed E-state index contributed by atoms with van der Waals surface area (Å²) in [6, 6.07) is 18.4. The highest BCUT2D eigenvalue weighted by atomic mass is 35.5. The monoisotopic (exact) mass is 586 g/mol. The van der Waals surface area contributed by atoms with Crippen molar-refractivity contribution in [3.05, 3.63) is 87.7 Å². The molecule has 6 rings (SSSR count). The van der Waals surface area contributed by atoms with Crippen LogP contribution in [0.4, 0.5) is 5.69 Å². The van der Waals surface area contributed by atoms with Crippen molar-refractivity contribution in [1.82, 2.24) is 4.98 Å². The summed E-state index contributed by atoms with van der Waals surface area (Å²) in [5, 5.41) is 14.4. The van der Waals surface area contributed by atoms with E-state index in [2.05, 4.69) is 56.4 Å². The van der Waals surface area contributed by atoms with Gasteiger partial charge in [0.15, 0.2) is 0 Å². The number of carboxylic acid groups (broad SMARTS) is 1. The second kappa shape index (κ2) is 11.6. The maximum absolute atomic E-state index is 12.7. The first-order valence-corrected chi connectivity index (χ1v) is 16.1. The lowest BCUT2D eigenvalue weighted by Crippen LogP contribution is -2.53. The molecule has 0 aliphatic heterocycles. The molecule has 42 heavy (non-hydrogen) atoms. The number of fused-ring (bicyclic) bond motifs is 3. The number of aliphatic carboxylic acids is 1. The van der Waals surface area contributed by atoms with E-state index in [0.29, 0.717) is 42.2 Å². The second-order valence-electron chi connectivity index (χ2n) is 13.3. The van der Waals surface area contributed by atoms with Crippen LogP contribution in [0, 0.1) is 18.8 Å². The molecule has 1 aromatic heterocycles. The summed E-state index contributed by atoms with van der Waals surface area (Å²) in [5.41, 5.74) is 6.17. The quantitative estimate of drug-likeness (QED) is 0.277. The fourth-order valence-corrected chi connectivity index (χ4v) is 8.46. The first-order chi connectivity index (χ1) is 20.2. The minimum atomic E-state index is -0.998. The molecule has 2 N–H and O–H groups in total. The third-order valence-corrected chi connectivity index (χ3v) is 10.6. The van der Waals surface area contributed by atoms with Crippen molar-refractivity contribution in [3.8, 4) is 5.75 Å². The van der Waals surface area contributed by atoms with Crippen LogP contribution in [-0.2, 0) is 23.1 Å². The Morgan fingerprint density at radius 1 is 1.14 bits per heavy atom. The molecule has 0 radical (unpaired) electrons. The van der Waals surface area contributed by atoms with Gasteiger partial charge in [-0.2, -0.15) is 0 Å². The molecule has 5 nitrogen and oxygen atoms in total. The largest absolute Gasteiger partial charge is 0.493 e. The Morgan fingerprint density at radius 2 is 1.93 bits per heavy atom. The van der Waals surface area contributed by atoms with Crippen LogP contribution in [0.3, 0.4) is 0 Å². The molecule has 6 heteroatoms. The van der Waals surface area contributed by atoms with Crippen LogP contribution in [0.25, 0.3) is 0 Å². The molecule has 0 unspecified atom stereocenters. The summed E-state index contributed by atoms with van der Waals surface area (Å²) in [6.45, 7) is 7.36. The molecule has 3 aliphatic carbocycles. The zero-order valence-electron chi connectivity index (χ0n) is 25.1. The van der Waals surface area contributed by atoms with E-state index in [9.17, 15) is 9.90 Å².